The number of ether oxygens (including phenoxy) is 2. The zero-order valence-electron chi connectivity index (χ0n) is 10.6. The molecule has 0 aliphatic rings. The summed E-state index contributed by atoms with van der Waals surface area (Å²) in [5.41, 5.74) is 5.89. The first-order valence-electron chi connectivity index (χ1n) is 5.61. The molecule has 0 bridgehead atoms. The molecule has 2 N–H and O–H groups in total. The normalized spacial score (nSPS) is 10.4. The summed E-state index contributed by atoms with van der Waals surface area (Å²) in [7, 11) is 0. The van der Waals surface area contributed by atoms with E-state index in [0.29, 0.717) is 5.56 Å². The predicted molar refractivity (Wildman–Crippen MR) is 65.7 cm³/mol. The third kappa shape index (κ3) is 5.52. The lowest BCUT2D eigenvalue weighted by Gasteiger charge is -2.09. The number of esters is 1. The Morgan fingerprint density at radius 2 is 2.10 bits per heavy atom. The molecule has 0 aliphatic heterocycles. The molecule has 108 valence electrons. The van der Waals surface area contributed by atoms with E-state index in [1.807, 2.05) is 0 Å². The Hall–Kier alpha value is -2.36. The second-order valence-corrected chi connectivity index (χ2v) is 3.58. The first kappa shape index (κ1) is 15.7. The first-order chi connectivity index (χ1) is 9.31. The van der Waals surface area contributed by atoms with Crippen LogP contribution in [0, 0.1) is 11.8 Å². The maximum absolute atomic E-state index is 12.0. The van der Waals surface area contributed by atoms with Crippen molar-refractivity contribution in [3.8, 4) is 17.6 Å². The highest BCUT2D eigenvalue weighted by Crippen LogP contribution is 2.25. The van der Waals surface area contributed by atoms with Gasteiger partial charge in [-0.3, -0.25) is 4.79 Å². The fourth-order valence-corrected chi connectivity index (χ4v) is 1.28. The van der Waals surface area contributed by atoms with Crippen molar-refractivity contribution in [2.24, 2.45) is 0 Å². The molecule has 0 saturated heterocycles. The minimum atomic E-state index is -4.77. The maximum Gasteiger partial charge on any atom is 0.573 e. The highest BCUT2D eigenvalue weighted by atomic mass is 19.4. The van der Waals surface area contributed by atoms with Crippen LogP contribution in [-0.4, -0.2) is 18.9 Å². The van der Waals surface area contributed by atoms with E-state index in [1.54, 1.807) is 6.92 Å². The van der Waals surface area contributed by atoms with Gasteiger partial charge in [0, 0.05) is 11.6 Å². The minimum Gasteiger partial charge on any atom is -0.465 e. The van der Waals surface area contributed by atoms with Crippen LogP contribution in [-0.2, 0) is 9.53 Å². The van der Waals surface area contributed by atoms with Crippen LogP contribution in [0.25, 0.3) is 0 Å². The van der Waals surface area contributed by atoms with E-state index in [9.17, 15) is 18.0 Å². The molecule has 0 aliphatic carbocycles. The SMILES string of the molecule is CCOC(=O)CC#Cc1ccc(OC(F)(F)F)cc1N. The zero-order chi connectivity index (χ0) is 15.2. The fraction of sp³-hybridized carbons (Fsp3) is 0.308. The quantitative estimate of drug-likeness (QED) is 0.527. The van der Waals surface area contributed by atoms with Gasteiger partial charge in [0.2, 0.25) is 0 Å². The van der Waals surface area contributed by atoms with Crippen molar-refractivity contribution < 1.29 is 27.4 Å². The lowest BCUT2D eigenvalue weighted by Crippen LogP contribution is -2.17. The van der Waals surface area contributed by atoms with Gasteiger partial charge < -0.3 is 15.2 Å². The summed E-state index contributed by atoms with van der Waals surface area (Å²) in [5, 5.41) is 0. The molecule has 0 unspecified atom stereocenters. The van der Waals surface area contributed by atoms with E-state index in [4.69, 9.17) is 5.73 Å². The summed E-state index contributed by atoms with van der Waals surface area (Å²) >= 11 is 0. The van der Waals surface area contributed by atoms with E-state index >= 15 is 0 Å². The van der Waals surface area contributed by atoms with Crippen LogP contribution in [0.15, 0.2) is 18.2 Å². The molecule has 20 heavy (non-hydrogen) atoms. The van der Waals surface area contributed by atoms with Gasteiger partial charge in [-0.1, -0.05) is 11.8 Å². The summed E-state index contributed by atoms with van der Waals surface area (Å²) in [6.45, 7) is 1.93. The van der Waals surface area contributed by atoms with Crippen molar-refractivity contribution in [3.63, 3.8) is 0 Å². The third-order valence-corrected chi connectivity index (χ3v) is 2.02. The molecular formula is C13H12F3NO3. The number of carbonyl (C=O) groups excluding carboxylic acids is 1. The van der Waals surface area contributed by atoms with Gasteiger partial charge in [-0.25, -0.2) is 0 Å². The number of nitrogens with two attached hydrogens (primary N) is 1. The topological polar surface area (TPSA) is 61.5 Å². The van der Waals surface area contributed by atoms with Crippen LogP contribution >= 0.6 is 0 Å². The Balaban J connectivity index is 2.74. The summed E-state index contributed by atoms with van der Waals surface area (Å²) in [5.74, 6) is 4.21. The van der Waals surface area contributed by atoms with Gasteiger partial charge in [-0.15, -0.1) is 13.2 Å². The monoisotopic (exact) mass is 287 g/mol. The lowest BCUT2D eigenvalue weighted by atomic mass is 10.1. The van der Waals surface area contributed by atoms with Gasteiger partial charge in [0.1, 0.15) is 12.2 Å². The molecule has 0 aromatic heterocycles. The summed E-state index contributed by atoms with van der Waals surface area (Å²) in [6, 6.07) is 3.40. The highest BCUT2D eigenvalue weighted by Gasteiger charge is 2.31. The van der Waals surface area contributed by atoms with E-state index in [1.165, 1.54) is 6.07 Å². The van der Waals surface area contributed by atoms with Crippen molar-refractivity contribution in [1.29, 1.82) is 0 Å². The van der Waals surface area contributed by atoms with Gasteiger partial charge in [0.15, 0.2) is 0 Å². The number of nitrogen functional groups attached to an aromatic ring is 1. The van der Waals surface area contributed by atoms with Gasteiger partial charge in [-0.05, 0) is 19.1 Å². The fourth-order valence-electron chi connectivity index (χ4n) is 1.28. The van der Waals surface area contributed by atoms with Crippen LogP contribution in [0.1, 0.15) is 18.9 Å². The number of hydrogen-bond donors (Lipinski definition) is 1. The summed E-state index contributed by atoms with van der Waals surface area (Å²) in [4.78, 5) is 11.0. The van der Waals surface area contributed by atoms with Crippen LogP contribution in [0.3, 0.4) is 0 Å². The van der Waals surface area contributed by atoms with Crippen molar-refractivity contribution in [2.75, 3.05) is 12.3 Å². The third-order valence-electron chi connectivity index (χ3n) is 2.02. The van der Waals surface area contributed by atoms with Crippen molar-refractivity contribution >= 4 is 11.7 Å². The Morgan fingerprint density at radius 3 is 2.65 bits per heavy atom. The second kappa shape index (κ2) is 6.70. The Bertz CT molecular complexity index is 544. The number of anilines is 1. The Labute approximate surface area is 113 Å². The van der Waals surface area contributed by atoms with Gasteiger partial charge in [0.05, 0.1) is 12.3 Å². The van der Waals surface area contributed by atoms with Gasteiger partial charge in [-0.2, -0.15) is 0 Å². The lowest BCUT2D eigenvalue weighted by molar-refractivity contribution is -0.274. The Morgan fingerprint density at radius 1 is 1.40 bits per heavy atom. The van der Waals surface area contributed by atoms with E-state index < -0.39 is 18.1 Å². The summed E-state index contributed by atoms with van der Waals surface area (Å²) < 4.78 is 44.4. The largest absolute Gasteiger partial charge is 0.573 e. The van der Waals surface area contributed by atoms with Gasteiger partial charge >= 0.3 is 12.3 Å². The highest BCUT2D eigenvalue weighted by molar-refractivity contribution is 5.73. The number of benzene rings is 1. The Kier molecular flexibility index (Phi) is 5.26. The molecule has 0 radical (unpaired) electrons. The standard InChI is InChI=1S/C13H12F3NO3/c1-2-19-12(18)5-3-4-9-6-7-10(8-11(9)17)20-13(14,15)16/h6-8H,2,5,17H2,1H3. The van der Waals surface area contributed by atoms with Crippen LogP contribution in [0.5, 0.6) is 5.75 Å². The number of hydrogen-bond acceptors (Lipinski definition) is 4. The molecule has 0 saturated carbocycles. The van der Waals surface area contributed by atoms with Crippen molar-refractivity contribution in [1.82, 2.24) is 0 Å². The minimum absolute atomic E-state index is 0.0307. The maximum atomic E-state index is 12.0. The molecule has 0 amide bonds. The van der Waals surface area contributed by atoms with Crippen LogP contribution < -0.4 is 10.5 Å². The summed E-state index contributed by atoms with van der Waals surface area (Å²) in [6.07, 6.45) is -4.89. The van der Waals surface area contributed by atoms with E-state index in [-0.39, 0.29) is 18.7 Å². The molecule has 1 aromatic rings. The van der Waals surface area contributed by atoms with Gasteiger partial charge in [0.25, 0.3) is 0 Å². The smallest absolute Gasteiger partial charge is 0.465 e. The first-order valence-corrected chi connectivity index (χ1v) is 5.61. The average molecular weight is 287 g/mol. The predicted octanol–water partition coefficient (Wildman–Crippen LogP) is 2.47. The van der Waals surface area contributed by atoms with E-state index in [0.717, 1.165) is 12.1 Å². The van der Waals surface area contributed by atoms with Crippen LogP contribution in [0.2, 0.25) is 0 Å². The van der Waals surface area contributed by atoms with Crippen molar-refractivity contribution in [3.05, 3.63) is 23.8 Å². The molecular weight excluding hydrogens is 275 g/mol. The molecule has 0 spiro atoms. The number of carbonyl (C=O) groups is 1. The average Bonchev–Trinajstić information content (AvgIpc) is 2.30. The second-order valence-electron chi connectivity index (χ2n) is 3.58. The number of halogens is 3. The van der Waals surface area contributed by atoms with Crippen molar-refractivity contribution in [2.45, 2.75) is 19.7 Å². The number of alkyl halides is 3. The van der Waals surface area contributed by atoms with E-state index in [2.05, 4.69) is 21.3 Å². The number of rotatable bonds is 3. The molecule has 7 heteroatoms. The molecule has 0 atom stereocenters. The van der Waals surface area contributed by atoms with Crippen LogP contribution in [0.4, 0.5) is 18.9 Å². The molecule has 0 fully saturated rings. The zero-order valence-corrected chi connectivity index (χ0v) is 10.6. The molecule has 1 aromatic carbocycles. The molecule has 4 nitrogen and oxygen atoms in total. The molecule has 1 rings (SSSR count). The molecule has 0 heterocycles.